The SMILES string of the molecule is [Al].[Bi].[In].[Sn].[Zn]. The van der Waals surface area contributed by atoms with Gasteiger partial charge in [-0.25, -0.2) is 0 Å². The van der Waals surface area contributed by atoms with Gasteiger partial charge in [0.05, 0.1) is 0 Å². The maximum absolute atomic E-state index is 0. The summed E-state index contributed by atoms with van der Waals surface area (Å²) >= 11 is 0. The van der Waals surface area contributed by atoms with Crippen LogP contribution in [-0.2, 0) is 19.5 Å². The first kappa shape index (κ1) is 37.6. The topological polar surface area (TPSA) is 0 Å². The van der Waals surface area contributed by atoms with Gasteiger partial charge >= 0.3 is 0 Å². The third kappa shape index (κ3) is 18.3. The molecule has 0 amide bonds. The van der Waals surface area contributed by atoms with Crippen LogP contribution in [0.25, 0.3) is 0 Å². The van der Waals surface area contributed by atoms with E-state index in [0.29, 0.717) is 0 Å². The molecule has 0 atom stereocenters. The van der Waals surface area contributed by atoms with Crippen molar-refractivity contribution in [3.05, 3.63) is 0 Å². The van der Waals surface area contributed by atoms with E-state index in [-0.39, 0.29) is 113 Å². The zero-order valence-electron chi connectivity index (χ0n) is 2.81. The predicted octanol–water partition coefficient (Wildman–Crippen LogP) is -1.53. The zero-order chi connectivity index (χ0) is 0. The van der Waals surface area contributed by atoms with Crippen molar-refractivity contribution in [1.82, 2.24) is 0 Å². The van der Waals surface area contributed by atoms with Gasteiger partial charge in [-0.2, -0.15) is 0 Å². The van der Waals surface area contributed by atoms with E-state index in [1.807, 2.05) is 0 Å². The first-order chi connectivity index (χ1) is 0. The fourth-order valence-electron chi connectivity index (χ4n) is 0. The van der Waals surface area contributed by atoms with Crippen LogP contribution >= 0.6 is 0 Å². The van der Waals surface area contributed by atoms with Gasteiger partial charge in [0.25, 0.3) is 0 Å². The largest absolute Gasteiger partial charge is 0 e. The molecule has 0 aliphatic carbocycles. The molecule has 0 aromatic rings. The van der Waals surface area contributed by atoms with Crippen LogP contribution in [0.15, 0.2) is 0 Å². The van der Waals surface area contributed by atoms with E-state index >= 15 is 0 Å². The molecule has 13 radical (unpaired) electrons. The third-order valence-electron chi connectivity index (χ3n) is 0. The molecule has 0 bridgehead atoms. The first-order valence-corrected chi connectivity index (χ1v) is 0. The van der Waals surface area contributed by atoms with Crippen LogP contribution in [0.1, 0.15) is 0 Å². The summed E-state index contributed by atoms with van der Waals surface area (Å²) in [6.45, 7) is 0. The molecule has 0 saturated carbocycles. The van der Waals surface area contributed by atoms with Gasteiger partial charge in [-0.1, -0.05) is 0 Å². The van der Waals surface area contributed by atoms with E-state index in [4.69, 9.17) is 0 Å². The second-order valence-corrected chi connectivity index (χ2v) is 0. The Labute approximate surface area is 110 Å². The summed E-state index contributed by atoms with van der Waals surface area (Å²) in [6.07, 6.45) is 0. The minimum absolute atomic E-state index is 0. The molecule has 0 fully saturated rings. The Morgan fingerprint density at radius 2 is 1.00 bits per heavy atom. The van der Waals surface area contributed by atoms with Gasteiger partial charge in [0.15, 0.2) is 0 Å². The van der Waals surface area contributed by atoms with Crippen LogP contribution in [0.3, 0.4) is 0 Å². The minimum atomic E-state index is 0. The molecular weight excluding hydrogens is 535 g/mol. The van der Waals surface area contributed by atoms with Gasteiger partial charge in [-0.15, -0.1) is 0 Å². The van der Waals surface area contributed by atoms with E-state index < -0.39 is 0 Å². The maximum Gasteiger partial charge on any atom is 0 e. The van der Waals surface area contributed by atoms with Crippen molar-refractivity contribution in [3.8, 4) is 0 Å². The maximum atomic E-state index is 0. The summed E-state index contributed by atoms with van der Waals surface area (Å²) in [7, 11) is 0. The Balaban J connectivity index is 0. The second-order valence-electron chi connectivity index (χ2n) is 0. The average molecular weight is 535 g/mol. The molecule has 0 N–H and O–H groups in total. The fourth-order valence-corrected chi connectivity index (χ4v) is 0. The predicted molar refractivity (Wildman–Crippen MR) is 23.0 cm³/mol. The molecule has 0 aliphatic rings. The van der Waals surface area contributed by atoms with Crippen molar-refractivity contribution >= 4 is 93.3 Å². The van der Waals surface area contributed by atoms with Crippen molar-refractivity contribution in [2.24, 2.45) is 0 Å². The normalized spacial score (nSPS) is 0. The van der Waals surface area contributed by atoms with E-state index in [1.165, 1.54) is 0 Å². The van der Waals surface area contributed by atoms with Crippen molar-refractivity contribution in [2.75, 3.05) is 0 Å². The van der Waals surface area contributed by atoms with Gasteiger partial charge in [0.2, 0.25) is 0 Å². The van der Waals surface area contributed by atoms with Crippen molar-refractivity contribution in [2.45, 2.75) is 0 Å². The molecule has 0 rings (SSSR count). The number of hydrogen-bond acceptors (Lipinski definition) is 0. The van der Waals surface area contributed by atoms with E-state index in [9.17, 15) is 0 Å². The van der Waals surface area contributed by atoms with Crippen LogP contribution in [0.2, 0.25) is 0 Å². The van der Waals surface area contributed by atoms with Crippen LogP contribution in [-0.4, -0.2) is 93.3 Å². The molecule has 17 valence electrons. The first-order valence-electron chi connectivity index (χ1n) is 0. The Morgan fingerprint density at radius 1 is 1.00 bits per heavy atom. The summed E-state index contributed by atoms with van der Waals surface area (Å²) in [5, 5.41) is 0. The molecule has 5 heavy (non-hydrogen) atoms. The smallest absolute Gasteiger partial charge is 0 e. The Kier molecular flexibility index (Phi) is 190. The molecule has 0 aromatic heterocycles. The van der Waals surface area contributed by atoms with Gasteiger partial charge in [0.1, 0.15) is 0 Å². The molecule has 0 saturated heterocycles. The second kappa shape index (κ2) is 25.2. The van der Waals surface area contributed by atoms with Gasteiger partial charge in [-0.05, 0) is 0 Å². The van der Waals surface area contributed by atoms with Gasteiger partial charge in [0, 0.05) is 113 Å². The molecule has 0 nitrogen and oxygen atoms in total. The van der Waals surface area contributed by atoms with Gasteiger partial charge < -0.3 is 0 Å². The fraction of sp³-hybridized carbons (Fsp3) is 0. The standard InChI is InChI=1S/Al.Bi.In.Sn.Zn. The molecule has 0 unspecified atom stereocenters. The van der Waals surface area contributed by atoms with Crippen LogP contribution in [0.5, 0.6) is 0 Å². The third-order valence-corrected chi connectivity index (χ3v) is 0. The average Bonchev–Trinajstić information content (AvgIpc) is 0. The molecule has 0 aliphatic heterocycles. The summed E-state index contributed by atoms with van der Waals surface area (Å²) < 4.78 is 0. The van der Waals surface area contributed by atoms with Crippen molar-refractivity contribution < 1.29 is 19.5 Å². The molecule has 0 spiro atoms. The molecule has 5 heteroatoms. The van der Waals surface area contributed by atoms with Crippen LogP contribution in [0.4, 0.5) is 0 Å². The monoisotopic (exact) mass is 535 g/mol. The Bertz CT molecular complexity index is 11.6. The van der Waals surface area contributed by atoms with Crippen LogP contribution < -0.4 is 0 Å². The van der Waals surface area contributed by atoms with Crippen molar-refractivity contribution in [3.63, 3.8) is 0 Å². The van der Waals surface area contributed by atoms with Crippen LogP contribution in [0, 0.1) is 0 Å². The van der Waals surface area contributed by atoms with Crippen molar-refractivity contribution in [1.29, 1.82) is 0 Å². The van der Waals surface area contributed by atoms with E-state index in [1.54, 1.807) is 0 Å². The molecule has 0 aromatic carbocycles. The quantitative estimate of drug-likeness (QED) is 0.331. The summed E-state index contributed by atoms with van der Waals surface area (Å²) in [4.78, 5) is 0. The molecular formula is AlBiInSnZn. The zero-order valence-corrected chi connectivity index (χ0v) is 16.6. The Hall–Kier alpha value is 3.71. The van der Waals surface area contributed by atoms with Gasteiger partial charge in [-0.3, -0.25) is 0 Å². The summed E-state index contributed by atoms with van der Waals surface area (Å²) in [6, 6.07) is 0. The van der Waals surface area contributed by atoms with E-state index in [2.05, 4.69) is 0 Å². The summed E-state index contributed by atoms with van der Waals surface area (Å²) in [5.74, 6) is 0. The Morgan fingerprint density at radius 3 is 1.00 bits per heavy atom. The number of rotatable bonds is 0. The van der Waals surface area contributed by atoms with E-state index in [0.717, 1.165) is 0 Å². The number of hydrogen-bond donors (Lipinski definition) is 0. The summed E-state index contributed by atoms with van der Waals surface area (Å²) in [5.41, 5.74) is 0. The minimum Gasteiger partial charge on any atom is 0 e. The molecule has 0 heterocycles.